The van der Waals surface area contributed by atoms with Crippen molar-refractivity contribution in [3.05, 3.63) is 101 Å². The Labute approximate surface area is 170 Å². The molecule has 0 atom stereocenters. The third-order valence-corrected chi connectivity index (χ3v) is 5.02. The van der Waals surface area contributed by atoms with E-state index in [9.17, 15) is 4.79 Å². The molecule has 0 bridgehead atoms. The van der Waals surface area contributed by atoms with Crippen LogP contribution in [-0.2, 0) is 6.42 Å². The van der Waals surface area contributed by atoms with Crippen molar-refractivity contribution in [3.8, 4) is 5.75 Å². The van der Waals surface area contributed by atoms with Crippen molar-refractivity contribution in [2.24, 2.45) is 0 Å². The summed E-state index contributed by atoms with van der Waals surface area (Å²) in [4.78, 5) is 17.7. The molecule has 1 heterocycles. The second-order valence-corrected chi connectivity index (χ2v) is 6.94. The summed E-state index contributed by atoms with van der Waals surface area (Å²) in [6, 6.07) is 23.6. The van der Waals surface area contributed by atoms with Crippen molar-refractivity contribution in [2.75, 3.05) is 12.4 Å². The van der Waals surface area contributed by atoms with Crippen LogP contribution in [0.5, 0.6) is 5.75 Å². The van der Waals surface area contributed by atoms with E-state index in [0.717, 1.165) is 22.3 Å². The van der Waals surface area contributed by atoms with Crippen LogP contribution < -0.4 is 10.1 Å². The summed E-state index contributed by atoms with van der Waals surface area (Å²) in [6.07, 6.45) is 2.42. The van der Waals surface area contributed by atoms with Gasteiger partial charge in [0.15, 0.2) is 0 Å². The third-order valence-electron chi connectivity index (χ3n) is 5.02. The van der Waals surface area contributed by atoms with Crippen LogP contribution in [0.1, 0.15) is 27.0 Å². The molecule has 0 aliphatic rings. The molecule has 3 aromatic carbocycles. The SMILES string of the molecule is COc1ccc(NC(=O)c2c(C)cccc2Cc2ccccc2)c2ncccc12. The van der Waals surface area contributed by atoms with Gasteiger partial charge < -0.3 is 10.1 Å². The summed E-state index contributed by atoms with van der Waals surface area (Å²) in [5.74, 6) is 0.595. The van der Waals surface area contributed by atoms with Gasteiger partial charge in [-0.05, 0) is 54.3 Å². The van der Waals surface area contributed by atoms with Gasteiger partial charge in [-0.15, -0.1) is 0 Å². The molecule has 4 heteroatoms. The summed E-state index contributed by atoms with van der Waals surface area (Å²) in [5.41, 5.74) is 5.19. The molecule has 0 aliphatic carbocycles. The Balaban J connectivity index is 1.70. The molecular weight excluding hydrogens is 360 g/mol. The van der Waals surface area contributed by atoms with E-state index in [2.05, 4.69) is 22.4 Å². The quantitative estimate of drug-likeness (QED) is 0.503. The Hall–Kier alpha value is -3.66. The zero-order chi connectivity index (χ0) is 20.2. The van der Waals surface area contributed by atoms with Crippen LogP contribution in [0.2, 0.25) is 0 Å². The van der Waals surface area contributed by atoms with E-state index < -0.39 is 0 Å². The molecule has 0 spiro atoms. The lowest BCUT2D eigenvalue weighted by Gasteiger charge is -2.15. The van der Waals surface area contributed by atoms with Gasteiger partial charge in [0.25, 0.3) is 5.91 Å². The maximum absolute atomic E-state index is 13.3. The Morgan fingerprint density at radius 3 is 2.59 bits per heavy atom. The number of methoxy groups -OCH3 is 1. The second-order valence-electron chi connectivity index (χ2n) is 6.94. The number of amides is 1. The number of aromatic nitrogens is 1. The molecule has 4 rings (SSSR count). The number of nitrogens with zero attached hydrogens (tertiary/aromatic N) is 1. The molecule has 29 heavy (non-hydrogen) atoms. The maximum atomic E-state index is 13.3. The molecule has 0 unspecified atom stereocenters. The van der Waals surface area contributed by atoms with E-state index in [1.165, 1.54) is 5.56 Å². The van der Waals surface area contributed by atoms with Gasteiger partial charge in [0.1, 0.15) is 5.75 Å². The van der Waals surface area contributed by atoms with E-state index in [0.29, 0.717) is 23.2 Å². The number of hydrogen-bond donors (Lipinski definition) is 1. The molecule has 0 fully saturated rings. The Morgan fingerprint density at radius 2 is 1.79 bits per heavy atom. The number of fused-ring (bicyclic) bond motifs is 1. The van der Waals surface area contributed by atoms with Crippen molar-refractivity contribution in [2.45, 2.75) is 13.3 Å². The number of aryl methyl sites for hydroxylation is 1. The van der Waals surface area contributed by atoms with Gasteiger partial charge in [0.2, 0.25) is 0 Å². The topological polar surface area (TPSA) is 51.2 Å². The standard InChI is InChI=1S/C25H22N2O2/c1-17-8-6-11-19(16-18-9-4-3-5-10-18)23(17)25(28)27-21-13-14-22(29-2)20-12-7-15-26-24(20)21/h3-15H,16H2,1-2H3,(H,27,28). The predicted molar refractivity (Wildman–Crippen MR) is 117 cm³/mol. The molecule has 0 radical (unpaired) electrons. The lowest BCUT2D eigenvalue weighted by molar-refractivity contribution is 0.102. The number of benzene rings is 3. The van der Waals surface area contributed by atoms with E-state index in [4.69, 9.17) is 4.74 Å². The first-order valence-electron chi connectivity index (χ1n) is 9.53. The highest BCUT2D eigenvalue weighted by Crippen LogP contribution is 2.30. The predicted octanol–water partition coefficient (Wildman–Crippen LogP) is 5.39. The number of rotatable bonds is 5. The number of hydrogen-bond acceptors (Lipinski definition) is 3. The first-order valence-corrected chi connectivity index (χ1v) is 9.53. The van der Waals surface area contributed by atoms with Gasteiger partial charge in [-0.25, -0.2) is 0 Å². The fourth-order valence-corrected chi connectivity index (χ4v) is 3.63. The van der Waals surface area contributed by atoms with E-state index in [-0.39, 0.29) is 5.91 Å². The highest BCUT2D eigenvalue weighted by atomic mass is 16.5. The fraction of sp³-hybridized carbons (Fsp3) is 0.120. The average molecular weight is 382 g/mol. The number of ether oxygens (including phenoxy) is 1. The molecule has 4 nitrogen and oxygen atoms in total. The monoisotopic (exact) mass is 382 g/mol. The molecule has 0 aliphatic heterocycles. The van der Waals surface area contributed by atoms with Gasteiger partial charge in [-0.3, -0.25) is 9.78 Å². The minimum absolute atomic E-state index is 0.133. The summed E-state index contributed by atoms with van der Waals surface area (Å²) in [5, 5.41) is 3.93. The molecular formula is C25H22N2O2. The van der Waals surface area contributed by atoms with Crippen LogP contribution >= 0.6 is 0 Å². The molecule has 144 valence electrons. The number of carbonyl (C=O) groups is 1. The zero-order valence-corrected chi connectivity index (χ0v) is 16.5. The van der Waals surface area contributed by atoms with Crippen molar-refractivity contribution in [3.63, 3.8) is 0 Å². The number of pyridine rings is 1. The van der Waals surface area contributed by atoms with Gasteiger partial charge in [-0.1, -0.05) is 48.5 Å². The van der Waals surface area contributed by atoms with Crippen molar-refractivity contribution >= 4 is 22.5 Å². The summed E-state index contributed by atoms with van der Waals surface area (Å²) >= 11 is 0. The normalized spacial score (nSPS) is 10.7. The Bertz CT molecular complexity index is 1170. The second kappa shape index (κ2) is 8.15. The summed E-state index contributed by atoms with van der Waals surface area (Å²) < 4.78 is 5.42. The van der Waals surface area contributed by atoms with Crippen molar-refractivity contribution in [1.29, 1.82) is 0 Å². The van der Waals surface area contributed by atoms with Gasteiger partial charge in [0.05, 0.1) is 18.3 Å². The minimum Gasteiger partial charge on any atom is -0.496 e. The number of carbonyl (C=O) groups excluding carboxylic acids is 1. The van der Waals surface area contributed by atoms with Crippen molar-refractivity contribution < 1.29 is 9.53 Å². The molecule has 1 N–H and O–H groups in total. The van der Waals surface area contributed by atoms with E-state index in [1.807, 2.05) is 67.6 Å². The fourth-order valence-electron chi connectivity index (χ4n) is 3.63. The molecule has 1 amide bonds. The smallest absolute Gasteiger partial charge is 0.256 e. The van der Waals surface area contributed by atoms with Crippen LogP contribution in [0.25, 0.3) is 10.9 Å². The minimum atomic E-state index is -0.133. The highest BCUT2D eigenvalue weighted by Gasteiger charge is 2.17. The van der Waals surface area contributed by atoms with Crippen LogP contribution in [0.3, 0.4) is 0 Å². The number of anilines is 1. The summed E-state index contributed by atoms with van der Waals surface area (Å²) in [6.45, 7) is 1.97. The van der Waals surface area contributed by atoms with Gasteiger partial charge in [0, 0.05) is 17.1 Å². The Morgan fingerprint density at radius 1 is 0.966 bits per heavy atom. The summed E-state index contributed by atoms with van der Waals surface area (Å²) in [7, 11) is 1.63. The Kier molecular flexibility index (Phi) is 5.25. The lowest BCUT2D eigenvalue weighted by atomic mass is 9.95. The molecule has 0 saturated heterocycles. The van der Waals surface area contributed by atoms with E-state index >= 15 is 0 Å². The van der Waals surface area contributed by atoms with Crippen LogP contribution in [0.4, 0.5) is 5.69 Å². The van der Waals surface area contributed by atoms with Crippen molar-refractivity contribution in [1.82, 2.24) is 4.98 Å². The molecule has 4 aromatic rings. The highest BCUT2D eigenvalue weighted by molar-refractivity contribution is 6.10. The zero-order valence-electron chi connectivity index (χ0n) is 16.5. The third kappa shape index (κ3) is 3.83. The van der Waals surface area contributed by atoms with Crippen LogP contribution in [-0.4, -0.2) is 18.0 Å². The maximum Gasteiger partial charge on any atom is 0.256 e. The van der Waals surface area contributed by atoms with Gasteiger partial charge >= 0.3 is 0 Å². The lowest BCUT2D eigenvalue weighted by Crippen LogP contribution is -2.16. The first-order chi connectivity index (χ1) is 14.2. The van der Waals surface area contributed by atoms with Crippen LogP contribution in [0.15, 0.2) is 79.0 Å². The largest absolute Gasteiger partial charge is 0.496 e. The first kappa shape index (κ1) is 18.7. The van der Waals surface area contributed by atoms with Crippen LogP contribution in [0, 0.1) is 6.92 Å². The van der Waals surface area contributed by atoms with Gasteiger partial charge in [-0.2, -0.15) is 0 Å². The van der Waals surface area contributed by atoms with E-state index in [1.54, 1.807) is 13.3 Å². The molecule has 1 aromatic heterocycles. The number of nitrogens with one attached hydrogen (secondary N) is 1. The molecule has 0 saturated carbocycles. The average Bonchev–Trinajstić information content (AvgIpc) is 2.75.